The Bertz CT molecular complexity index is 467. The number of esters is 1. The predicted molar refractivity (Wildman–Crippen MR) is 86.6 cm³/mol. The maximum absolute atomic E-state index is 11.3. The lowest BCUT2D eigenvalue weighted by Crippen LogP contribution is -2.53. The molecule has 0 unspecified atom stereocenters. The number of hydrogen-bond acceptors (Lipinski definition) is 4. The monoisotopic (exact) mass is 307 g/mol. The van der Waals surface area contributed by atoms with Crippen molar-refractivity contribution < 1.29 is 20.5 Å². The van der Waals surface area contributed by atoms with Crippen LogP contribution in [-0.4, -0.2) is 31.3 Å². The van der Waals surface area contributed by atoms with Gasteiger partial charge in [-0.1, -0.05) is 30.3 Å². The van der Waals surface area contributed by atoms with Gasteiger partial charge in [0, 0.05) is 1.43 Å². The molecule has 5 heteroatoms. The summed E-state index contributed by atoms with van der Waals surface area (Å²) < 4.78 is 9.53. The summed E-state index contributed by atoms with van der Waals surface area (Å²) in [6, 6.07) is 9.78. The van der Waals surface area contributed by atoms with Crippen LogP contribution in [0.15, 0.2) is 43.5 Å². The Labute approximate surface area is 132 Å². The standard InChI is InChI=1S/C15H19NO4.C2H4.H2/c17-14-13(11-20-14)16-15(18)19-10-6-2-5-9-12-7-3-1-4-8-12;1-2;/h1,3-4,7-8,13H,2,5-6,9-11H2,(H,16,18);1-2H2;1H/t13-;;/m1../s1. The first-order valence-electron chi connectivity index (χ1n) is 7.39. The van der Waals surface area contributed by atoms with E-state index in [1.54, 1.807) is 0 Å². The largest absolute Gasteiger partial charge is 0.461 e. The van der Waals surface area contributed by atoms with Crippen molar-refractivity contribution in [1.82, 2.24) is 5.32 Å². The number of rotatable bonds is 7. The number of nitrogens with one attached hydrogen (secondary N) is 1. The van der Waals surface area contributed by atoms with Gasteiger partial charge >= 0.3 is 12.1 Å². The molecule has 1 aliphatic heterocycles. The highest BCUT2D eigenvalue weighted by atomic mass is 16.6. The summed E-state index contributed by atoms with van der Waals surface area (Å²) >= 11 is 0. The molecule has 1 atom stereocenters. The molecule has 1 heterocycles. The van der Waals surface area contributed by atoms with E-state index in [4.69, 9.17) is 4.74 Å². The molecule has 0 saturated carbocycles. The number of aryl methyl sites for hydroxylation is 1. The lowest BCUT2D eigenvalue weighted by Gasteiger charge is -2.24. The summed E-state index contributed by atoms with van der Waals surface area (Å²) in [7, 11) is 0. The fraction of sp³-hybridized carbons (Fsp3) is 0.412. The van der Waals surface area contributed by atoms with Crippen molar-refractivity contribution in [2.45, 2.75) is 31.7 Å². The molecule has 22 heavy (non-hydrogen) atoms. The number of unbranched alkanes of at least 4 members (excludes halogenated alkanes) is 2. The Hall–Kier alpha value is -2.30. The molecule has 1 aromatic carbocycles. The molecule has 1 amide bonds. The quantitative estimate of drug-likeness (QED) is 0.477. The van der Waals surface area contributed by atoms with E-state index in [2.05, 4.69) is 35.3 Å². The van der Waals surface area contributed by atoms with Crippen LogP contribution in [0.2, 0.25) is 0 Å². The van der Waals surface area contributed by atoms with E-state index in [1.165, 1.54) is 5.56 Å². The highest BCUT2D eigenvalue weighted by Gasteiger charge is 2.32. The van der Waals surface area contributed by atoms with Crippen molar-refractivity contribution in [2.24, 2.45) is 0 Å². The second-order valence-electron chi connectivity index (χ2n) is 4.76. The maximum Gasteiger partial charge on any atom is 0.407 e. The minimum Gasteiger partial charge on any atom is -0.461 e. The van der Waals surface area contributed by atoms with E-state index in [-0.39, 0.29) is 8.03 Å². The fourth-order valence-electron chi connectivity index (χ4n) is 1.94. The minimum absolute atomic E-state index is 0. The van der Waals surface area contributed by atoms with Crippen LogP contribution in [-0.2, 0) is 20.7 Å². The summed E-state index contributed by atoms with van der Waals surface area (Å²) in [5, 5.41) is 2.45. The number of carbonyl (C=O) groups excluding carboxylic acids is 2. The zero-order valence-electron chi connectivity index (χ0n) is 12.8. The first-order valence-corrected chi connectivity index (χ1v) is 7.39. The van der Waals surface area contributed by atoms with Crippen LogP contribution >= 0.6 is 0 Å². The van der Waals surface area contributed by atoms with Crippen molar-refractivity contribution in [3.63, 3.8) is 0 Å². The molecule has 1 saturated heterocycles. The molecule has 0 bridgehead atoms. The smallest absolute Gasteiger partial charge is 0.407 e. The number of carbonyl (C=O) groups is 2. The van der Waals surface area contributed by atoms with E-state index in [0.29, 0.717) is 6.61 Å². The van der Waals surface area contributed by atoms with Crippen LogP contribution in [0.5, 0.6) is 0 Å². The molecule has 0 aromatic heterocycles. The molecular formula is C17H25NO4. The number of alkyl carbamates (subject to hydrolysis) is 1. The molecule has 0 radical (unpaired) electrons. The van der Waals surface area contributed by atoms with E-state index in [9.17, 15) is 9.59 Å². The van der Waals surface area contributed by atoms with Crippen molar-refractivity contribution in [1.29, 1.82) is 0 Å². The van der Waals surface area contributed by atoms with Gasteiger partial charge in [0.15, 0.2) is 6.04 Å². The lowest BCUT2D eigenvalue weighted by atomic mass is 10.1. The van der Waals surface area contributed by atoms with Gasteiger partial charge in [-0.05, 0) is 31.2 Å². The minimum atomic E-state index is -0.547. The van der Waals surface area contributed by atoms with Crippen LogP contribution in [0.25, 0.3) is 0 Å². The van der Waals surface area contributed by atoms with Gasteiger partial charge in [-0.15, -0.1) is 13.2 Å². The van der Waals surface area contributed by atoms with E-state index >= 15 is 0 Å². The average Bonchev–Trinajstić information content (AvgIpc) is 2.57. The molecule has 1 N–H and O–H groups in total. The highest BCUT2D eigenvalue weighted by Crippen LogP contribution is 2.06. The number of benzene rings is 1. The van der Waals surface area contributed by atoms with Crippen molar-refractivity contribution in [3.8, 4) is 0 Å². The SMILES string of the molecule is C=C.O=C(N[C@@H]1COC1=O)OCCCCCc1ccccc1.[HH]. The predicted octanol–water partition coefficient (Wildman–Crippen LogP) is 3.10. The number of cyclic esters (lactones) is 1. The maximum atomic E-state index is 11.3. The molecule has 2 rings (SSSR count). The first-order chi connectivity index (χ1) is 10.8. The van der Waals surface area contributed by atoms with Crippen LogP contribution < -0.4 is 5.32 Å². The fourth-order valence-corrected chi connectivity index (χ4v) is 1.94. The highest BCUT2D eigenvalue weighted by molar-refractivity contribution is 5.85. The summed E-state index contributed by atoms with van der Waals surface area (Å²) in [5.74, 6) is -0.398. The number of ether oxygens (including phenoxy) is 2. The molecule has 1 aromatic rings. The van der Waals surface area contributed by atoms with Crippen LogP contribution in [0.4, 0.5) is 4.79 Å². The summed E-state index contributed by atoms with van der Waals surface area (Å²) in [4.78, 5) is 22.1. The van der Waals surface area contributed by atoms with Gasteiger partial charge < -0.3 is 14.8 Å². The molecular weight excluding hydrogens is 282 g/mol. The van der Waals surface area contributed by atoms with Gasteiger partial charge in [0.1, 0.15) is 6.61 Å². The van der Waals surface area contributed by atoms with Gasteiger partial charge in [-0.3, -0.25) is 0 Å². The van der Waals surface area contributed by atoms with E-state index in [0.717, 1.165) is 25.7 Å². The van der Waals surface area contributed by atoms with Crippen molar-refractivity contribution in [2.75, 3.05) is 13.2 Å². The average molecular weight is 307 g/mol. The Balaban J connectivity index is 0.00000155. The number of hydrogen-bond donors (Lipinski definition) is 1. The third-order valence-corrected chi connectivity index (χ3v) is 3.15. The first kappa shape index (κ1) is 17.8. The second kappa shape index (κ2) is 10.4. The topological polar surface area (TPSA) is 64.6 Å². The third kappa shape index (κ3) is 6.43. The Morgan fingerprint density at radius 3 is 2.59 bits per heavy atom. The summed E-state index contributed by atoms with van der Waals surface area (Å²) in [6.07, 6.45) is 3.41. The Kier molecular flexibility index (Phi) is 8.42. The van der Waals surface area contributed by atoms with Gasteiger partial charge in [0.05, 0.1) is 6.61 Å². The third-order valence-electron chi connectivity index (χ3n) is 3.15. The van der Waals surface area contributed by atoms with E-state index in [1.807, 2.05) is 18.2 Å². The lowest BCUT2D eigenvalue weighted by molar-refractivity contribution is -0.162. The zero-order chi connectivity index (χ0) is 16.2. The molecule has 1 fully saturated rings. The molecule has 0 aliphatic carbocycles. The molecule has 5 nitrogen and oxygen atoms in total. The Morgan fingerprint density at radius 1 is 1.27 bits per heavy atom. The Morgan fingerprint density at radius 2 is 2.00 bits per heavy atom. The zero-order valence-corrected chi connectivity index (χ0v) is 12.8. The summed E-state index contributed by atoms with van der Waals surface area (Å²) in [6.45, 7) is 6.62. The van der Waals surface area contributed by atoms with Gasteiger partial charge in [-0.2, -0.15) is 0 Å². The molecule has 0 spiro atoms. The van der Waals surface area contributed by atoms with Crippen molar-refractivity contribution >= 4 is 12.1 Å². The second-order valence-corrected chi connectivity index (χ2v) is 4.76. The van der Waals surface area contributed by atoms with Gasteiger partial charge in [-0.25, -0.2) is 9.59 Å². The molecule has 122 valence electrons. The van der Waals surface area contributed by atoms with Crippen molar-refractivity contribution in [3.05, 3.63) is 49.1 Å². The number of amides is 1. The summed E-state index contributed by atoms with van der Waals surface area (Å²) in [5.41, 5.74) is 1.33. The normalized spacial score (nSPS) is 15.6. The molecule has 1 aliphatic rings. The van der Waals surface area contributed by atoms with Gasteiger partial charge in [0.25, 0.3) is 0 Å². The van der Waals surface area contributed by atoms with Gasteiger partial charge in [0.2, 0.25) is 0 Å². The van der Waals surface area contributed by atoms with Crippen LogP contribution in [0, 0.1) is 0 Å². The van der Waals surface area contributed by atoms with E-state index < -0.39 is 18.1 Å². The van der Waals surface area contributed by atoms with Crippen LogP contribution in [0.3, 0.4) is 0 Å². The van der Waals surface area contributed by atoms with Crippen LogP contribution in [0.1, 0.15) is 26.3 Å².